The number of piperidine rings is 1. The Morgan fingerprint density at radius 2 is 1.79 bits per heavy atom. The number of fused-ring (bicyclic) bond motifs is 1. The van der Waals surface area contributed by atoms with Crippen LogP contribution >= 0.6 is 0 Å². The normalized spacial score (nSPS) is 14.7. The molecule has 4 rings (SSSR count). The molecule has 5 heteroatoms. The maximum absolute atomic E-state index is 12.8. The van der Waals surface area contributed by atoms with Gasteiger partial charge in [0.25, 0.3) is 5.56 Å². The molecule has 2 heterocycles. The van der Waals surface area contributed by atoms with Crippen molar-refractivity contribution in [2.45, 2.75) is 25.7 Å². The average Bonchev–Trinajstić information content (AvgIpc) is 2.77. The minimum Gasteiger partial charge on any atom is -0.494 e. The summed E-state index contributed by atoms with van der Waals surface area (Å²) in [5.74, 6) is 1.38. The number of hydrogen-bond acceptors (Lipinski definition) is 4. The molecule has 1 fully saturated rings. The minimum atomic E-state index is -0.227. The molecular formula is C24H25N3O2. The molecule has 0 radical (unpaired) electrons. The highest BCUT2D eigenvalue weighted by molar-refractivity contribution is 5.94. The third kappa shape index (κ3) is 3.47. The van der Waals surface area contributed by atoms with E-state index in [-0.39, 0.29) is 11.1 Å². The van der Waals surface area contributed by atoms with Crippen LogP contribution in [0.3, 0.4) is 0 Å². The SMILES string of the molecule is CCOc1ccc(C2CCN(c3c(C#N)c(=O)n(C)c4ccccc34)CC2)cc1. The summed E-state index contributed by atoms with van der Waals surface area (Å²) in [4.78, 5) is 15.0. The first kappa shape index (κ1) is 19.1. The Balaban J connectivity index is 1.62. The van der Waals surface area contributed by atoms with E-state index >= 15 is 0 Å². The van der Waals surface area contributed by atoms with Crippen molar-refractivity contribution in [3.8, 4) is 11.8 Å². The first-order valence-electron chi connectivity index (χ1n) is 10.1. The Labute approximate surface area is 170 Å². The van der Waals surface area contributed by atoms with Crippen LogP contribution in [0.5, 0.6) is 5.75 Å². The van der Waals surface area contributed by atoms with Crippen molar-refractivity contribution in [3.05, 3.63) is 70.0 Å². The van der Waals surface area contributed by atoms with Crippen LogP contribution in [0.25, 0.3) is 10.9 Å². The summed E-state index contributed by atoms with van der Waals surface area (Å²) >= 11 is 0. The van der Waals surface area contributed by atoms with Crippen LogP contribution in [0.2, 0.25) is 0 Å². The number of aromatic nitrogens is 1. The second kappa shape index (κ2) is 8.00. The first-order valence-corrected chi connectivity index (χ1v) is 10.1. The second-order valence-electron chi connectivity index (χ2n) is 7.48. The van der Waals surface area contributed by atoms with Crippen LogP contribution in [0.4, 0.5) is 5.69 Å². The maximum Gasteiger partial charge on any atom is 0.270 e. The lowest BCUT2D eigenvalue weighted by atomic mass is 9.89. The van der Waals surface area contributed by atoms with Gasteiger partial charge in [0, 0.05) is 25.5 Å². The Kier molecular flexibility index (Phi) is 5.26. The highest BCUT2D eigenvalue weighted by Crippen LogP contribution is 2.35. The fourth-order valence-electron chi connectivity index (χ4n) is 4.35. The molecule has 1 aliphatic heterocycles. The fraction of sp³-hybridized carbons (Fsp3) is 0.333. The molecule has 0 spiro atoms. The van der Waals surface area contributed by atoms with E-state index in [1.165, 1.54) is 5.56 Å². The van der Waals surface area contributed by atoms with E-state index in [9.17, 15) is 10.1 Å². The minimum absolute atomic E-state index is 0.227. The highest BCUT2D eigenvalue weighted by atomic mass is 16.5. The van der Waals surface area contributed by atoms with E-state index in [2.05, 4.69) is 23.1 Å². The van der Waals surface area contributed by atoms with Crippen LogP contribution in [0.15, 0.2) is 53.3 Å². The van der Waals surface area contributed by atoms with Gasteiger partial charge in [-0.2, -0.15) is 5.26 Å². The average molecular weight is 387 g/mol. The van der Waals surface area contributed by atoms with Crippen LogP contribution in [0.1, 0.15) is 36.8 Å². The van der Waals surface area contributed by atoms with Gasteiger partial charge in [0.1, 0.15) is 17.4 Å². The van der Waals surface area contributed by atoms with E-state index in [1.54, 1.807) is 11.6 Å². The third-order valence-electron chi connectivity index (χ3n) is 5.86. The maximum atomic E-state index is 12.8. The van der Waals surface area contributed by atoms with Gasteiger partial charge in [0.05, 0.1) is 17.8 Å². The number of rotatable bonds is 4. The zero-order chi connectivity index (χ0) is 20.4. The van der Waals surface area contributed by atoms with E-state index in [4.69, 9.17) is 4.74 Å². The molecule has 0 N–H and O–H groups in total. The zero-order valence-electron chi connectivity index (χ0n) is 16.9. The number of aryl methyl sites for hydroxylation is 1. The van der Waals surface area contributed by atoms with Gasteiger partial charge in [0.15, 0.2) is 0 Å². The summed E-state index contributed by atoms with van der Waals surface area (Å²) in [5.41, 5.74) is 2.99. The standard InChI is InChI=1S/C24H25N3O2/c1-3-29-19-10-8-17(9-11-19)18-12-14-27(15-13-18)23-20-6-4-5-7-22(20)26(2)24(28)21(23)16-25/h4-11,18H,3,12-15H2,1-2H3. The third-order valence-corrected chi connectivity index (χ3v) is 5.86. The molecule has 148 valence electrons. The Morgan fingerprint density at radius 1 is 1.10 bits per heavy atom. The molecular weight excluding hydrogens is 362 g/mol. The number of benzene rings is 2. The van der Waals surface area contributed by atoms with Gasteiger partial charge in [-0.1, -0.05) is 30.3 Å². The summed E-state index contributed by atoms with van der Waals surface area (Å²) in [6, 6.07) is 18.4. The molecule has 2 aromatic carbocycles. The summed E-state index contributed by atoms with van der Waals surface area (Å²) in [7, 11) is 1.73. The molecule has 5 nitrogen and oxygen atoms in total. The lowest BCUT2D eigenvalue weighted by Crippen LogP contribution is -2.35. The first-order chi connectivity index (χ1) is 14.1. The van der Waals surface area contributed by atoms with Gasteiger partial charge in [-0.3, -0.25) is 4.79 Å². The second-order valence-corrected chi connectivity index (χ2v) is 7.48. The van der Waals surface area contributed by atoms with Gasteiger partial charge in [-0.05, 0) is 49.4 Å². The van der Waals surface area contributed by atoms with Gasteiger partial charge < -0.3 is 14.2 Å². The molecule has 0 aliphatic carbocycles. The lowest BCUT2D eigenvalue weighted by Gasteiger charge is -2.35. The summed E-state index contributed by atoms with van der Waals surface area (Å²) in [6.07, 6.45) is 1.98. The van der Waals surface area contributed by atoms with Gasteiger partial charge in [-0.25, -0.2) is 0 Å². The fourth-order valence-corrected chi connectivity index (χ4v) is 4.35. The Bertz CT molecular complexity index is 1120. The van der Waals surface area contributed by atoms with Crippen molar-refractivity contribution in [2.75, 3.05) is 24.6 Å². The quantitative estimate of drug-likeness (QED) is 0.673. The van der Waals surface area contributed by atoms with Crippen LogP contribution < -0.4 is 15.2 Å². The molecule has 0 atom stereocenters. The molecule has 0 bridgehead atoms. The van der Waals surface area contributed by atoms with Gasteiger partial charge in [0.2, 0.25) is 0 Å². The molecule has 1 aliphatic rings. The van der Waals surface area contributed by atoms with E-state index < -0.39 is 0 Å². The predicted molar refractivity (Wildman–Crippen MR) is 116 cm³/mol. The molecule has 1 aromatic heterocycles. The van der Waals surface area contributed by atoms with Crippen molar-refractivity contribution in [2.24, 2.45) is 7.05 Å². The molecule has 0 amide bonds. The van der Waals surface area contributed by atoms with E-state index in [0.717, 1.165) is 48.3 Å². The number of ether oxygens (including phenoxy) is 1. The number of hydrogen-bond donors (Lipinski definition) is 0. The molecule has 3 aromatic rings. The van der Waals surface area contributed by atoms with Gasteiger partial charge >= 0.3 is 0 Å². The lowest BCUT2D eigenvalue weighted by molar-refractivity contribution is 0.340. The molecule has 0 unspecified atom stereocenters. The van der Waals surface area contributed by atoms with Crippen molar-refractivity contribution in [1.82, 2.24) is 4.57 Å². The monoisotopic (exact) mass is 387 g/mol. The molecule has 1 saturated heterocycles. The number of para-hydroxylation sites is 1. The van der Waals surface area contributed by atoms with Crippen LogP contribution in [-0.4, -0.2) is 24.3 Å². The topological polar surface area (TPSA) is 58.3 Å². The number of pyridine rings is 1. The molecule has 29 heavy (non-hydrogen) atoms. The summed E-state index contributed by atoms with van der Waals surface area (Å²) < 4.78 is 7.11. The van der Waals surface area contributed by atoms with Crippen LogP contribution in [0, 0.1) is 11.3 Å². The summed E-state index contributed by atoms with van der Waals surface area (Å²) in [5, 5.41) is 10.7. The van der Waals surface area contributed by atoms with Crippen molar-refractivity contribution < 1.29 is 4.74 Å². The van der Waals surface area contributed by atoms with Crippen molar-refractivity contribution in [3.63, 3.8) is 0 Å². The summed E-state index contributed by atoms with van der Waals surface area (Å²) in [6.45, 7) is 4.30. The number of anilines is 1. The van der Waals surface area contributed by atoms with Crippen molar-refractivity contribution >= 4 is 16.6 Å². The Hall–Kier alpha value is -3.26. The number of nitrogens with zero attached hydrogens (tertiary/aromatic N) is 3. The van der Waals surface area contributed by atoms with Crippen LogP contribution in [-0.2, 0) is 7.05 Å². The van der Waals surface area contributed by atoms with Gasteiger partial charge in [-0.15, -0.1) is 0 Å². The smallest absolute Gasteiger partial charge is 0.270 e. The van der Waals surface area contributed by atoms with E-state index in [0.29, 0.717) is 12.5 Å². The largest absolute Gasteiger partial charge is 0.494 e. The Morgan fingerprint density at radius 3 is 2.45 bits per heavy atom. The predicted octanol–water partition coefficient (Wildman–Crippen LogP) is 4.19. The van der Waals surface area contributed by atoms with Crippen molar-refractivity contribution in [1.29, 1.82) is 5.26 Å². The number of nitriles is 1. The molecule has 0 saturated carbocycles. The highest BCUT2D eigenvalue weighted by Gasteiger charge is 2.25. The zero-order valence-corrected chi connectivity index (χ0v) is 16.9. The van der Waals surface area contributed by atoms with E-state index in [1.807, 2.05) is 43.3 Å².